The van der Waals surface area contributed by atoms with E-state index in [1.807, 2.05) is 6.08 Å². The fourth-order valence-electron chi connectivity index (χ4n) is 3.77. The second kappa shape index (κ2) is 10.1. The summed E-state index contributed by atoms with van der Waals surface area (Å²) in [6.45, 7) is -1.14. The maximum atomic E-state index is 13.1. The number of nitrogens with zero attached hydrogens (tertiary/aromatic N) is 2. The molecule has 1 aromatic heterocycles. The van der Waals surface area contributed by atoms with Crippen LogP contribution in [0.25, 0.3) is 5.57 Å². The first-order valence-electron chi connectivity index (χ1n) is 10.2. The lowest BCUT2D eigenvalue weighted by molar-refractivity contribution is -0.0500. The number of nitrogens with one attached hydrogen (secondary N) is 1. The van der Waals surface area contributed by atoms with Crippen LogP contribution in [-0.4, -0.2) is 34.4 Å². The summed E-state index contributed by atoms with van der Waals surface area (Å²) in [7, 11) is 0. The van der Waals surface area contributed by atoms with E-state index < -0.39 is 6.61 Å². The van der Waals surface area contributed by atoms with Gasteiger partial charge in [-0.3, -0.25) is 14.8 Å². The van der Waals surface area contributed by atoms with Crippen molar-refractivity contribution in [3.63, 3.8) is 0 Å². The summed E-state index contributed by atoms with van der Waals surface area (Å²) < 4.78 is 44.6. The summed E-state index contributed by atoms with van der Waals surface area (Å²) in [5.74, 6) is -0.265. The molecule has 0 fully saturated rings. The Morgan fingerprint density at radius 1 is 1.09 bits per heavy atom. The van der Waals surface area contributed by atoms with Gasteiger partial charge in [0.1, 0.15) is 16.6 Å². The van der Waals surface area contributed by atoms with Crippen molar-refractivity contribution in [2.24, 2.45) is 0 Å². The highest BCUT2D eigenvalue weighted by Gasteiger charge is 2.21. The molecule has 0 bridgehead atoms. The van der Waals surface area contributed by atoms with E-state index >= 15 is 0 Å². The van der Waals surface area contributed by atoms with Crippen LogP contribution in [0.3, 0.4) is 0 Å². The second-order valence-electron chi connectivity index (χ2n) is 7.66. The van der Waals surface area contributed by atoms with Crippen molar-refractivity contribution < 1.29 is 17.9 Å². The molecule has 1 aliphatic heterocycles. The number of halogens is 5. The third-order valence-corrected chi connectivity index (χ3v) is 6.03. The molecule has 4 rings (SSSR count). The van der Waals surface area contributed by atoms with Crippen molar-refractivity contribution in [3.8, 4) is 5.75 Å². The van der Waals surface area contributed by atoms with E-state index in [0.29, 0.717) is 42.3 Å². The first-order valence-corrected chi connectivity index (χ1v) is 10.9. The highest BCUT2D eigenvalue weighted by Crippen LogP contribution is 2.34. The zero-order chi connectivity index (χ0) is 23.5. The lowest BCUT2D eigenvalue weighted by Crippen LogP contribution is -2.28. The molecule has 0 unspecified atom stereocenters. The third kappa shape index (κ3) is 5.63. The van der Waals surface area contributed by atoms with Gasteiger partial charge < -0.3 is 4.74 Å². The SMILES string of the molecule is O=c1c(Cl)c(CN2CC=C(c3cc(Cl)ccc3OC(F)F)CC2)[nH]n1Cc1ccc(F)cc1. The number of hydrogen-bond acceptors (Lipinski definition) is 3. The van der Waals surface area contributed by atoms with E-state index in [-0.39, 0.29) is 28.7 Å². The summed E-state index contributed by atoms with van der Waals surface area (Å²) in [5.41, 5.74) is 2.39. The Labute approximate surface area is 198 Å². The minimum absolute atomic E-state index is 0.0827. The largest absolute Gasteiger partial charge is 0.434 e. The molecular weight excluding hydrogens is 478 g/mol. The molecule has 0 aliphatic carbocycles. The number of hydrogen-bond donors (Lipinski definition) is 1. The van der Waals surface area contributed by atoms with Crippen molar-refractivity contribution in [3.05, 3.63) is 91.6 Å². The lowest BCUT2D eigenvalue weighted by atomic mass is 9.98. The molecule has 0 saturated heterocycles. The Hall–Kier alpha value is -2.68. The standard InChI is InChI=1S/C23H20Cl2F3N3O2/c24-16-3-6-20(33-23(27)28)18(11-16)15-7-9-30(10-8-15)13-19-21(25)22(32)31(29-19)12-14-1-4-17(26)5-2-14/h1-7,11,23,29H,8-10,12-13H2. The molecule has 174 valence electrons. The fourth-order valence-corrected chi connectivity index (χ4v) is 4.15. The Balaban J connectivity index is 1.47. The van der Waals surface area contributed by atoms with Gasteiger partial charge in [-0.05, 0) is 47.9 Å². The van der Waals surface area contributed by atoms with Crippen LogP contribution in [0.1, 0.15) is 23.2 Å². The number of rotatable bonds is 7. The average Bonchev–Trinajstić information content (AvgIpc) is 3.04. The van der Waals surface area contributed by atoms with E-state index in [2.05, 4.69) is 14.7 Å². The first kappa shape index (κ1) is 23.5. The summed E-state index contributed by atoms with van der Waals surface area (Å²) in [5, 5.41) is 3.57. The van der Waals surface area contributed by atoms with E-state index in [1.165, 1.54) is 28.9 Å². The topological polar surface area (TPSA) is 50.3 Å². The van der Waals surface area contributed by atoms with Gasteiger partial charge in [-0.2, -0.15) is 8.78 Å². The molecule has 3 aromatic rings. The summed E-state index contributed by atoms with van der Waals surface area (Å²) >= 11 is 12.3. The quantitative estimate of drug-likeness (QED) is 0.464. The van der Waals surface area contributed by atoms with Crippen LogP contribution in [0.5, 0.6) is 5.75 Å². The third-order valence-electron chi connectivity index (χ3n) is 5.40. The summed E-state index contributed by atoms with van der Waals surface area (Å²) in [6, 6.07) is 10.4. The summed E-state index contributed by atoms with van der Waals surface area (Å²) in [6.07, 6.45) is 2.51. The number of alkyl halides is 2. The minimum atomic E-state index is -2.93. The van der Waals surface area contributed by atoms with Crippen LogP contribution in [0.15, 0.2) is 53.3 Å². The second-order valence-corrected chi connectivity index (χ2v) is 8.47. The molecule has 0 radical (unpaired) electrons. The van der Waals surface area contributed by atoms with Crippen molar-refractivity contribution >= 4 is 28.8 Å². The van der Waals surface area contributed by atoms with Crippen LogP contribution in [-0.2, 0) is 13.1 Å². The van der Waals surface area contributed by atoms with E-state index in [4.69, 9.17) is 23.2 Å². The molecular formula is C23H20Cl2F3N3O2. The van der Waals surface area contributed by atoms with Crippen LogP contribution in [0, 0.1) is 5.82 Å². The van der Waals surface area contributed by atoms with Crippen LogP contribution >= 0.6 is 23.2 Å². The monoisotopic (exact) mass is 497 g/mol. The smallest absolute Gasteiger partial charge is 0.387 e. The molecule has 5 nitrogen and oxygen atoms in total. The maximum absolute atomic E-state index is 13.1. The van der Waals surface area contributed by atoms with Gasteiger partial charge in [0.05, 0.1) is 12.2 Å². The lowest BCUT2D eigenvalue weighted by Gasteiger charge is -2.26. The molecule has 1 N–H and O–H groups in total. The van der Waals surface area contributed by atoms with Gasteiger partial charge in [-0.25, -0.2) is 9.07 Å². The van der Waals surface area contributed by atoms with Crippen LogP contribution < -0.4 is 10.3 Å². The van der Waals surface area contributed by atoms with E-state index in [0.717, 1.165) is 11.1 Å². The molecule has 0 spiro atoms. The van der Waals surface area contributed by atoms with Crippen molar-refractivity contribution in [2.45, 2.75) is 26.1 Å². The molecule has 0 atom stereocenters. The molecule has 2 aromatic carbocycles. The molecule has 10 heteroatoms. The van der Waals surface area contributed by atoms with Gasteiger partial charge in [-0.1, -0.05) is 41.4 Å². The highest BCUT2D eigenvalue weighted by molar-refractivity contribution is 6.31. The number of aromatic nitrogens is 2. The normalized spacial score (nSPS) is 14.5. The van der Waals surface area contributed by atoms with Crippen molar-refractivity contribution in [1.82, 2.24) is 14.7 Å². The number of H-pyrrole nitrogens is 1. The van der Waals surface area contributed by atoms with Gasteiger partial charge >= 0.3 is 6.61 Å². The van der Waals surface area contributed by atoms with Crippen LogP contribution in [0.4, 0.5) is 13.2 Å². The Bertz CT molecular complexity index is 1220. The van der Waals surface area contributed by atoms with Crippen molar-refractivity contribution in [1.29, 1.82) is 0 Å². The molecule has 0 saturated carbocycles. The molecule has 33 heavy (non-hydrogen) atoms. The van der Waals surface area contributed by atoms with E-state index in [9.17, 15) is 18.0 Å². The Morgan fingerprint density at radius 3 is 2.52 bits per heavy atom. The Kier molecular flexibility index (Phi) is 7.17. The average molecular weight is 498 g/mol. The molecule has 1 aliphatic rings. The predicted octanol–water partition coefficient (Wildman–Crippen LogP) is 5.56. The van der Waals surface area contributed by atoms with Gasteiger partial charge in [0, 0.05) is 30.2 Å². The summed E-state index contributed by atoms with van der Waals surface area (Å²) in [4.78, 5) is 14.6. The molecule has 2 heterocycles. The fraction of sp³-hybridized carbons (Fsp3) is 0.261. The van der Waals surface area contributed by atoms with Gasteiger partial charge in [-0.15, -0.1) is 0 Å². The Morgan fingerprint density at radius 2 is 1.85 bits per heavy atom. The highest BCUT2D eigenvalue weighted by atomic mass is 35.5. The number of benzene rings is 2. The van der Waals surface area contributed by atoms with Crippen LogP contribution in [0.2, 0.25) is 10.0 Å². The number of aromatic amines is 1. The minimum Gasteiger partial charge on any atom is -0.434 e. The maximum Gasteiger partial charge on any atom is 0.387 e. The zero-order valence-electron chi connectivity index (χ0n) is 17.3. The van der Waals surface area contributed by atoms with E-state index in [1.54, 1.807) is 18.2 Å². The molecule has 0 amide bonds. The number of ether oxygens (including phenoxy) is 1. The van der Waals surface area contributed by atoms with Gasteiger partial charge in [0.2, 0.25) is 0 Å². The van der Waals surface area contributed by atoms with Gasteiger partial charge in [0.15, 0.2) is 0 Å². The first-order chi connectivity index (χ1) is 15.8. The van der Waals surface area contributed by atoms with Gasteiger partial charge in [0.25, 0.3) is 5.56 Å². The predicted molar refractivity (Wildman–Crippen MR) is 122 cm³/mol. The van der Waals surface area contributed by atoms with Crippen molar-refractivity contribution in [2.75, 3.05) is 13.1 Å². The zero-order valence-corrected chi connectivity index (χ0v) is 18.8.